The third-order valence-electron chi connectivity index (χ3n) is 6.44. The Labute approximate surface area is 229 Å². The van der Waals surface area contributed by atoms with Crippen molar-refractivity contribution in [1.29, 1.82) is 0 Å². The second-order valence-electron chi connectivity index (χ2n) is 8.82. The van der Waals surface area contributed by atoms with E-state index in [0.29, 0.717) is 40.2 Å². The maximum absolute atomic E-state index is 12.9. The van der Waals surface area contributed by atoms with E-state index in [4.69, 9.17) is 21.4 Å². The largest absolute Gasteiger partial charge is 0.495 e. The second kappa shape index (κ2) is 11.3. The molecule has 2 N–H and O–H groups in total. The Balaban J connectivity index is 1.39. The normalized spacial score (nSPS) is 16.5. The van der Waals surface area contributed by atoms with Crippen LogP contribution >= 0.6 is 12.2 Å². The molecule has 0 aliphatic carbocycles. The molecule has 1 aliphatic rings. The Kier molecular flexibility index (Phi) is 7.50. The molecule has 1 amide bonds. The van der Waals surface area contributed by atoms with Crippen LogP contribution in [0.1, 0.15) is 30.0 Å². The van der Waals surface area contributed by atoms with Gasteiger partial charge in [0, 0.05) is 36.9 Å². The molecular formula is C28H25N5O5S. The number of methoxy groups -OCH3 is 1. The Morgan fingerprint density at radius 1 is 1.13 bits per heavy atom. The van der Waals surface area contributed by atoms with Crippen LogP contribution in [-0.4, -0.2) is 39.5 Å². The molecule has 11 heteroatoms. The lowest BCUT2D eigenvalue weighted by atomic mass is 10.0. The molecule has 2 atom stereocenters. The first kappa shape index (κ1) is 25.9. The number of furan rings is 1. The molecule has 3 heterocycles. The van der Waals surface area contributed by atoms with Gasteiger partial charge >= 0.3 is 0 Å². The highest BCUT2D eigenvalue weighted by atomic mass is 32.1. The molecule has 0 bridgehead atoms. The number of amides is 1. The number of nitro groups is 1. The van der Waals surface area contributed by atoms with Crippen LogP contribution in [0.15, 0.2) is 89.5 Å². The summed E-state index contributed by atoms with van der Waals surface area (Å²) in [7, 11) is 1.55. The number of non-ortho nitro benzene ring substituents is 1. The first-order valence-corrected chi connectivity index (χ1v) is 12.6. The third kappa shape index (κ3) is 5.58. The Hall–Kier alpha value is -4.77. The van der Waals surface area contributed by atoms with Gasteiger partial charge in [0.05, 0.1) is 29.5 Å². The molecule has 0 radical (unpaired) electrons. The molecule has 1 aliphatic heterocycles. The minimum Gasteiger partial charge on any atom is -0.495 e. The SMILES string of the molecule is COc1ccccc1NC(=O)CCN1C(=S)N[C@@H](c2ccccn2)[C@@H]1c1ccc(-c2ccc([N+](=O)[O-])cc2)o1. The number of hydrogen-bond donors (Lipinski definition) is 2. The number of anilines is 1. The number of nitro benzene ring substituents is 1. The molecule has 39 heavy (non-hydrogen) atoms. The first-order chi connectivity index (χ1) is 18.9. The van der Waals surface area contributed by atoms with Crippen LogP contribution in [0.25, 0.3) is 11.3 Å². The van der Waals surface area contributed by atoms with E-state index in [2.05, 4.69) is 15.6 Å². The highest BCUT2D eigenvalue weighted by Gasteiger charge is 2.41. The van der Waals surface area contributed by atoms with Crippen molar-refractivity contribution in [3.05, 3.63) is 107 Å². The number of benzene rings is 2. The number of thiocarbonyl (C=S) groups is 1. The van der Waals surface area contributed by atoms with E-state index in [1.807, 2.05) is 47.4 Å². The van der Waals surface area contributed by atoms with Gasteiger partial charge in [-0.2, -0.15) is 0 Å². The van der Waals surface area contributed by atoms with E-state index in [9.17, 15) is 14.9 Å². The number of nitrogens with zero attached hydrogens (tertiary/aromatic N) is 3. The average Bonchev–Trinajstić information content (AvgIpc) is 3.57. The maximum Gasteiger partial charge on any atom is 0.269 e. The van der Waals surface area contributed by atoms with Gasteiger partial charge in [0.25, 0.3) is 5.69 Å². The van der Waals surface area contributed by atoms with Crippen molar-refractivity contribution in [3.8, 4) is 17.1 Å². The summed E-state index contributed by atoms with van der Waals surface area (Å²) in [5, 5.41) is 17.7. The van der Waals surface area contributed by atoms with Crippen molar-refractivity contribution in [3.63, 3.8) is 0 Å². The Morgan fingerprint density at radius 3 is 2.62 bits per heavy atom. The van der Waals surface area contributed by atoms with E-state index >= 15 is 0 Å². The van der Waals surface area contributed by atoms with Gasteiger partial charge in [0.1, 0.15) is 23.3 Å². The third-order valence-corrected chi connectivity index (χ3v) is 6.79. The lowest BCUT2D eigenvalue weighted by Crippen LogP contribution is -2.32. The molecule has 1 saturated heterocycles. The topological polar surface area (TPSA) is 123 Å². The van der Waals surface area contributed by atoms with Gasteiger partial charge in [-0.25, -0.2) is 0 Å². The number of carbonyl (C=O) groups is 1. The fourth-order valence-corrected chi connectivity index (χ4v) is 4.88. The minimum atomic E-state index is -0.443. The highest BCUT2D eigenvalue weighted by Crippen LogP contribution is 2.40. The van der Waals surface area contributed by atoms with Crippen LogP contribution < -0.4 is 15.4 Å². The molecule has 198 valence electrons. The van der Waals surface area contributed by atoms with Crippen molar-refractivity contribution in [2.45, 2.75) is 18.5 Å². The zero-order valence-electron chi connectivity index (χ0n) is 20.9. The molecular weight excluding hydrogens is 518 g/mol. The molecule has 2 aromatic carbocycles. The number of nitrogens with one attached hydrogen (secondary N) is 2. The van der Waals surface area contributed by atoms with Gasteiger partial charge in [0.15, 0.2) is 5.11 Å². The van der Waals surface area contributed by atoms with Crippen molar-refractivity contribution < 1.29 is 18.9 Å². The fourth-order valence-electron chi connectivity index (χ4n) is 4.55. The number of aromatic nitrogens is 1. The van der Waals surface area contributed by atoms with Crippen molar-refractivity contribution in [2.24, 2.45) is 0 Å². The van der Waals surface area contributed by atoms with Crippen molar-refractivity contribution >= 4 is 34.6 Å². The summed E-state index contributed by atoms with van der Waals surface area (Å²) in [6, 6.07) is 22.0. The van der Waals surface area contributed by atoms with E-state index in [1.165, 1.54) is 12.1 Å². The van der Waals surface area contributed by atoms with Crippen LogP contribution in [0.4, 0.5) is 11.4 Å². The van der Waals surface area contributed by atoms with Crippen molar-refractivity contribution in [1.82, 2.24) is 15.2 Å². The van der Waals surface area contributed by atoms with Gasteiger partial charge in [-0.05, 0) is 60.7 Å². The molecule has 10 nitrogen and oxygen atoms in total. The summed E-state index contributed by atoms with van der Waals surface area (Å²) in [6.45, 7) is 0.328. The zero-order valence-corrected chi connectivity index (χ0v) is 21.8. The molecule has 0 unspecified atom stereocenters. The van der Waals surface area contributed by atoms with Gasteiger partial charge < -0.3 is 24.7 Å². The standard InChI is InChI=1S/C28H25N5O5S/c1-37-23-8-3-2-6-20(23)30-25(34)15-17-32-27(26(31-28(32)39)21-7-4-5-16-29-21)24-14-13-22(38-24)18-9-11-19(12-10-18)33(35)36/h2-14,16,26-27H,15,17H2,1H3,(H,30,34)(H,31,39)/t26-,27-/m0/s1. The summed E-state index contributed by atoms with van der Waals surface area (Å²) in [6.07, 6.45) is 1.88. The predicted octanol–water partition coefficient (Wildman–Crippen LogP) is 5.26. The zero-order chi connectivity index (χ0) is 27.4. The van der Waals surface area contributed by atoms with E-state index in [0.717, 1.165) is 5.69 Å². The quantitative estimate of drug-likeness (QED) is 0.165. The lowest BCUT2D eigenvalue weighted by molar-refractivity contribution is -0.384. The molecule has 0 saturated carbocycles. The molecule has 1 fully saturated rings. The van der Waals surface area contributed by atoms with Gasteiger partial charge in [-0.15, -0.1) is 0 Å². The number of hydrogen-bond acceptors (Lipinski definition) is 7. The monoisotopic (exact) mass is 543 g/mol. The smallest absolute Gasteiger partial charge is 0.269 e. The number of pyridine rings is 1. The summed E-state index contributed by atoms with van der Waals surface area (Å²) >= 11 is 5.68. The Morgan fingerprint density at radius 2 is 1.90 bits per heavy atom. The lowest BCUT2D eigenvalue weighted by Gasteiger charge is -2.26. The van der Waals surface area contributed by atoms with Gasteiger partial charge in [0.2, 0.25) is 5.91 Å². The number of rotatable bonds is 9. The summed E-state index contributed by atoms with van der Waals surface area (Å²) in [4.78, 5) is 29.9. The van der Waals surface area contributed by atoms with E-state index in [-0.39, 0.29) is 30.1 Å². The van der Waals surface area contributed by atoms with Crippen LogP contribution in [-0.2, 0) is 4.79 Å². The Bertz CT molecular complexity index is 1490. The fraction of sp³-hybridized carbons (Fsp3) is 0.179. The second-order valence-corrected chi connectivity index (χ2v) is 9.21. The van der Waals surface area contributed by atoms with Gasteiger partial charge in [-0.3, -0.25) is 19.9 Å². The summed E-state index contributed by atoms with van der Waals surface area (Å²) < 4.78 is 11.6. The number of para-hydroxylation sites is 2. The van der Waals surface area contributed by atoms with E-state index in [1.54, 1.807) is 37.6 Å². The van der Waals surface area contributed by atoms with E-state index < -0.39 is 4.92 Å². The molecule has 2 aromatic heterocycles. The van der Waals surface area contributed by atoms with Crippen LogP contribution in [0, 0.1) is 10.1 Å². The van der Waals surface area contributed by atoms with Crippen LogP contribution in [0.2, 0.25) is 0 Å². The number of carbonyl (C=O) groups excluding carboxylic acids is 1. The molecule has 0 spiro atoms. The summed E-state index contributed by atoms with van der Waals surface area (Å²) in [5.74, 6) is 1.57. The van der Waals surface area contributed by atoms with Gasteiger partial charge in [-0.1, -0.05) is 18.2 Å². The van der Waals surface area contributed by atoms with Crippen molar-refractivity contribution in [2.75, 3.05) is 19.0 Å². The molecule has 4 aromatic rings. The maximum atomic E-state index is 12.9. The van der Waals surface area contributed by atoms with Crippen LogP contribution in [0.5, 0.6) is 5.75 Å². The average molecular weight is 544 g/mol. The van der Waals surface area contributed by atoms with Crippen LogP contribution in [0.3, 0.4) is 0 Å². The minimum absolute atomic E-state index is 0.00339. The first-order valence-electron chi connectivity index (χ1n) is 12.2. The summed E-state index contributed by atoms with van der Waals surface area (Å²) in [5.41, 5.74) is 2.08. The predicted molar refractivity (Wildman–Crippen MR) is 149 cm³/mol. The highest BCUT2D eigenvalue weighted by molar-refractivity contribution is 7.80. The molecule has 5 rings (SSSR count). The number of ether oxygens (including phenoxy) is 1.